The molecular weight excluding hydrogens is 354 g/mol. The van der Waals surface area contributed by atoms with E-state index in [0.717, 1.165) is 32.1 Å². The van der Waals surface area contributed by atoms with Gasteiger partial charge in [-0.25, -0.2) is 13.1 Å². The van der Waals surface area contributed by atoms with E-state index in [1.807, 2.05) is 0 Å². The van der Waals surface area contributed by atoms with Crippen molar-refractivity contribution in [2.75, 3.05) is 0 Å². The summed E-state index contributed by atoms with van der Waals surface area (Å²) >= 11 is 0. The molecule has 0 radical (unpaired) electrons. The number of sulfonamides is 1. The zero-order valence-electron chi connectivity index (χ0n) is 15.0. The van der Waals surface area contributed by atoms with Crippen molar-refractivity contribution in [1.82, 2.24) is 34.7 Å². The van der Waals surface area contributed by atoms with Gasteiger partial charge in [0.15, 0.2) is 6.33 Å². The van der Waals surface area contributed by atoms with E-state index in [9.17, 15) is 8.42 Å². The largest absolute Gasteiger partial charge is 0.272 e. The zero-order valence-corrected chi connectivity index (χ0v) is 15.8. The maximum absolute atomic E-state index is 13.1. The first-order chi connectivity index (χ1) is 12.3. The van der Waals surface area contributed by atoms with Gasteiger partial charge in [-0.2, -0.15) is 9.90 Å². The van der Waals surface area contributed by atoms with Crippen LogP contribution in [0.2, 0.25) is 0 Å². The average molecular weight is 377 g/mol. The van der Waals surface area contributed by atoms with Gasteiger partial charge in [-0.3, -0.25) is 4.68 Å². The monoisotopic (exact) mass is 377 g/mol. The molecule has 0 saturated heterocycles. The molecule has 0 aliphatic heterocycles. The lowest BCUT2D eigenvalue weighted by Gasteiger charge is -2.61. The lowest BCUT2D eigenvalue weighted by Crippen LogP contribution is -2.66. The summed E-state index contributed by atoms with van der Waals surface area (Å²) in [5.41, 5.74) is 0.00113. The molecule has 26 heavy (non-hydrogen) atoms. The smallest absolute Gasteiger partial charge is 0.244 e. The second-order valence-corrected chi connectivity index (χ2v) is 10.2. The molecule has 0 aromatic carbocycles. The van der Waals surface area contributed by atoms with Crippen LogP contribution in [0.1, 0.15) is 44.2 Å². The third-order valence-corrected chi connectivity index (χ3v) is 8.32. The van der Waals surface area contributed by atoms with Gasteiger partial charge < -0.3 is 0 Å². The van der Waals surface area contributed by atoms with Gasteiger partial charge in [0.05, 0.1) is 17.4 Å². The van der Waals surface area contributed by atoms with Crippen LogP contribution in [-0.4, -0.2) is 43.9 Å². The minimum absolute atomic E-state index is 0.215. The lowest BCUT2D eigenvalue weighted by molar-refractivity contribution is -0.0768. The summed E-state index contributed by atoms with van der Waals surface area (Å²) in [6.45, 7) is 1.78. The van der Waals surface area contributed by atoms with Crippen molar-refractivity contribution in [3.63, 3.8) is 0 Å². The van der Waals surface area contributed by atoms with Gasteiger partial charge >= 0.3 is 0 Å². The molecule has 2 aromatic rings. The lowest BCUT2D eigenvalue weighted by atomic mass is 9.50. The molecule has 6 rings (SSSR count). The summed E-state index contributed by atoms with van der Waals surface area (Å²) in [7, 11) is -1.87. The SMILES string of the molecule is Cc1c(S(=O)(=O)NC23CC4CC(C2)CC(n2ncnn2)(C4)C3)cnn1C. The summed E-state index contributed by atoms with van der Waals surface area (Å²) in [6, 6.07) is 0. The molecule has 9 nitrogen and oxygen atoms in total. The fraction of sp³-hybridized carbons (Fsp3) is 0.750. The number of nitrogens with zero attached hydrogens (tertiary/aromatic N) is 6. The van der Waals surface area contributed by atoms with E-state index in [1.54, 1.807) is 23.4 Å². The van der Waals surface area contributed by atoms with E-state index in [-0.39, 0.29) is 10.4 Å². The fourth-order valence-corrected chi connectivity index (χ4v) is 7.66. The van der Waals surface area contributed by atoms with Gasteiger partial charge in [0.25, 0.3) is 0 Å². The van der Waals surface area contributed by atoms with Crippen molar-refractivity contribution >= 4 is 10.0 Å². The van der Waals surface area contributed by atoms with E-state index in [4.69, 9.17) is 0 Å². The predicted molar refractivity (Wildman–Crippen MR) is 91.5 cm³/mol. The zero-order chi connectivity index (χ0) is 18.2. The van der Waals surface area contributed by atoms with Crippen LogP contribution >= 0.6 is 0 Å². The first-order valence-corrected chi connectivity index (χ1v) is 10.6. The Kier molecular flexibility index (Phi) is 3.23. The highest BCUT2D eigenvalue weighted by Gasteiger charge is 2.60. The summed E-state index contributed by atoms with van der Waals surface area (Å²) in [6.07, 6.45) is 8.59. The van der Waals surface area contributed by atoms with Crippen molar-refractivity contribution in [2.45, 2.75) is 61.4 Å². The Morgan fingerprint density at radius 2 is 1.92 bits per heavy atom. The highest BCUT2D eigenvalue weighted by molar-refractivity contribution is 7.89. The maximum atomic E-state index is 13.1. The van der Waals surface area contributed by atoms with Crippen LogP contribution < -0.4 is 4.72 Å². The van der Waals surface area contributed by atoms with Gasteiger partial charge in [-0.05, 0) is 62.5 Å². The summed E-state index contributed by atoms with van der Waals surface area (Å²) in [5.74, 6) is 1.000. The van der Waals surface area contributed by atoms with Crippen LogP contribution in [0.3, 0.4) is 0 Å². The summed E-state index contributed by atoms with van der Waals surface area (Å²) in [4.78, 5) is 2.01. The van der Waals surface area contributed by atoms with E-state index < -0.39 is 15.6 Å². The maximum Gasteiger partial charge on any atom is 0.244 e. The minimum atomic E-state index is -3.63. The molecule has 10 heteroatoms. The molecule has 140 valence electrons. The normalized spacial score (nSPS) is 35.9. The van der Waals surface area contributed by atoms with Gasteiger partial charge in [0.1, 0.15) is 4.90 Å². The summed E-state index contributed by atoms with van der Waals surface area (Å²) in [5, 5.41) is 16.5. The highest BCUT2D eigenvalue weighted by Crippen LogP contribution is 2.60. The van der Waals surface area contributed by atoms with E-state index in [2.05, 4.69) is 25.2 Å². The third-order valence-electron chi connectivity index (χ3n) is 6.63. The van der Waals surface area contributed by atoms with Crippen molar-refractivity contribution in [1.29, 1.82) is 0 Å². The second kappa shape index (κ2) is 5.13. The second-order valence-electron chi connectivity index (χ2n) is 8.51. The first-order valence-electron chi connectivity index (χ1n) is 9.07. The van der Waals surface area contributed by atoms with Crippen LogP contribution in [0.4, 0.5) is 0 Å². The van der Waals surface area contributed by atoms with Gasteiger partial charge in [-0.1, -0.05) is 0 Å². The summed E-state index contributed by atoms with van der Waals surface area (Å²) < 4.78 is 30.9. The Hall–Kier alpha value is -1.81. The van der Waals surface area contributed by atoms with Crippen molar-refractivity contribution in [3.8, 4) is 0 Å². The molecular formula is C16H23N7O2S. The molecule has 2 heterocycles. The molecule has 4 fully saturated rings. The van der Waals surface area contributed by atoms with E-state index in [1.165, 1.54) is 18.9 Å². The molecule has 2 aromatic heterocycles. The Balaban J connectivity index is 1.52. The van der Waals surface area contributed by atoms with Crippen LogP contribution in [0, 0.1) is 18.8 Å². The quantitative estimate of drug-likeness (QED) is 0.842. The van der Waals surface area contributed by atoms with Crippen LogP contribution in [-0.2, 0) is 22.6 Å². The number of nitrogens with one attached hydrogen (secondary N) is 1. The highest BCUT2D eigenvalue weighted by atomic mass is 32.2. The number of aromatic nitrogens is 6. The number of rotatable bonds is 4. The molecule has 4 aliphatic rings. The molecule has 4 aliphatic carbocycles. The Morgan fingerprint density at radius 3 is 2.50 bits per heavy atom. The number of hydrogen-bond donors (Lipinski definition) is 1. The molecule has 1 N–H and O–H groups in total. The Bertz CT molecular complexity index is 935. The first kappa shape index (κ1) is 16.4. The van der Waals surface area contributed by atoms with E-state index >= 15 is 0 Å². The standard InChI is InChI=1S/C16H23N7O2S/c1-11-14(8-18-22(11)2)26(24,25)20-15-4-12-3-13(5-15)7-16(6-12,9-15)23-19-10-17-21-23/h8,10,12-13,20H,3-7,9H2,1-2H3. The van der Waals surface area contributed by atoms with Crippen LogP contribution in [0.5, 0.6) is 0 Å². The van der Waals surface area contributed by atoms with Gasteiger partial charge in [0.2, 0.25) is 10.0 Å². The van der Waals surface area contributed by atoms with Gasteiger partial charge in [0, 0.05) is 12.6 Å². The van der Waals surface area contributed by atoms with E-state index in [0.29, 0.717) is 17.5 Å². The topological polar surface area (TPSA) is 108 Å². The van der Waals surface area contributed by atoms with Gasteiger partial charge in [-0.15, -0.1) is 10.2 Å². The predicted octanol–water partition coefficient (Wildman–Crippen LogP) is 0.741. The number of tetrazole rings is 1. The molecule has 0 spiro atoms. The molecule has 0 amide bonds. The molecule has 2 atom stereocenters. The Labute approximate surface area is 152 Å². The van der Waals surface area contributed by atoms with Crippen molar-refractivity contribution in [3.05, 3.63) is 18.2 Å². The van der Waals surface area contributed by atoms with Crippen molar-refractivity contribution < 1.29 is 8.42 Å². The molecule has 2 unspecified atom stereocenters. The Morgan fingerprint density at radius 1 is 1.19 bits per heavy atom. The molecule has 4 saturated carbocycles. The average Bonchev–Trinajstić information content (AvgIpc) is 3.16. The van der Waals surface area contributed by atoms with Crippen LogP contribution in [0.15, 0.2) is 17.4 Å². The molecule has 4 bridgehead atoms. The number of aryl methyl sites for hydroxylation is 1. The third kappa shape index (κ3) is 2.27. The number of hydrogen-bond acceptors (Lipinski definition) is 6. The minimum Gasteiger partial charge on any atom is -0.272 e. The van der Waals surface area contributed by atoms with Crippen LogP contribution in [0.25, 0.3) is 0 Å². The fourth-order valence-electron chi connectivity index (χ4n) is 6.03. The van der Waals surface area contributed by atoms with Crippen molar-refractivity contribution in [2.24, 2.45) is 18.9 Å².